The van der Waals surface area contributed by atoms with Crippen molar-refractivity contribution >= 4 is 39.0 Å². The van der Waals surface area contributed by atoms with E-state index in [2.05, 4.69) is 231 Å². The van der Waals surface area contributed by atoms with E-state index >= 15 is 0 Å². The van der Waals surface area contributed by atoms with Crippen LogP contribution in [0.3, 0.4) is 0 Å². The van der Waals surface area contributed by atoms with Crippen LogP contribution in [0.4, 0.5) is 17.1 Å². The highest BCUT2D eigenvalue weighted by Gasteiger charge is 2.46. The molecule has 12 rings (SSSR count). The molecule has 2 nitrogen and oxygen atoms in total. The van der Waals surface area contributed by atoms with Crippen molar-refractivity contribution < 1.29 is 4.42 Å². The van der Waals surface area contributed by atoms with Crippen LogP contribution in [-0.4, -0.2) is 0 Å². The standard InChI is InChI=1S/C58H41NO/c1-57(2)49-28-13-9-24-44(49)47-33-32-43(37-52(47)57)59(53-34-39(38-18-5-3-6-19-38)35-55-56(53)48-27-12-16-31-54(48)60-55)42-23-17-22-41(36-42)58(40-20-7-4-8-21-40)50-29-14-10-25-45(50)46-26-11-15-30-51(46)58/h3-37H,1-2H3. The highest BCUT2D eigenvalue weighted by molar-refractivity contribution is 6.14. The Morgan fingerprint density at radius 2 is 0.950 bits per heavy atom. The molecule has 0 bridgehead atoms. The lowest BCUT2D eigenvalue weighted by atomic mass is 9.67. The first kappa shape index (κ1) is 34.6. The molecular formula is C58H41NO. The van der Waals surface area contributed by atoms with Crippen LogP contribution >= 0.6 is 0 Å². The molecule has 2 aliphatic rings. The molecule has 284 valence electrons. The number of hydrogen-bond donors (Lipinski definition) is 0. The van der Waals surface area contributed by atoms with Gasteiger partial charge in [-0.2, -0.15) is 0 Å². The Balaban J connectivity index is 1.17. The SMILES string of the molecule is CC1(C)c2ccccc2-c2ccc(N(c3cccc(C4(c5ccccc5)c5ccccc5-c5ccccc54)c3)c3cc(-c4ccccc4)cc4oc5ccccc5c34)cc21. The summed E-state index contributed by atoms with van der Waals surface area (Å²) < 4.78 is 6.76. The van der Waals surface area contributed by atoms with Crippen LogP contribution in [0.2, 0.25) is 0 Å². The lowest BCUT2D eigenvalue weighted by Crippen LogP contribution is -2.28. The minimum atomic E-state index is -0.540. The third kappa shape index (κ3) is 4.88. The van der Waals surface area contributed by atoms with Crippen molar-refractivity contribution in [2.45, 2.75) is 24.7 Å². The van der Waals surface area contributed by atoms with Crippen molar-refractivity contribution in [1.82, 2.24) is 0 Å². The van der Waals surface area contributed by atoms with Crippen molar-refractivity contribution in [3.8, 4) is 33.4 Å². The third-order valence-corrected chi connectivity index (χ3v) is 13.3. The number of furan rings is 1. The molecule has 0 spiro atoms. The summed E-state index contributed by atoms with van der Waals surface area (Å²) in [5.41, 5.74) is 19.4. The Bertz CT molecular complexity index is 3250. The fourth-order valence-corrected chi connectivity index (χ4v) is 10.7. The molecule has 9 aromatic carbocycles. The van der Waals surface area contributed by atoms with Gasteiger partial charge in [-0.1, -0.05) is 184 Å². The smallest absolute Gasteiger partial charge is 0.138 e. The van der Waals surface area contributed by atoms with Gasteiger partial charge in [0.1, 0.15) is 11.2 Å². The van der Waals surface area contributed by atoms with Gasteiger partial charge in [-0.3, -0.25) is 0 Å². The van der Waals surface area contributed by atoms with Gasteiger partial charge in [0.15, 0.2) is 0 Å². The molecule has 0 atom stereocenters. The summed E-state index contributed by atoms with van der Waals surface area (Å²) in [4.78, 5) is 2.49. The van der Waals surface area contributed by atoms with Crippen molar-refractivity contribution in [2.75, 3.05) is 4.90 Å². The zero-order valence-corrected chi connectivity index (χ0v) is 33.6. The summed E-state index contributed by atoms with van der Waals surface area (Å²) in [5, 5.41) is 2.18. The van der Waals surface area contributed by atoms with E-state index < -0.39 is 5.41 Å². The fourth-order valence-electron chi connectivity index (χ4n) is 10.7. The van der Waals surface area contributed by atoms with Crippen LogP contribution in [0.15, 0.2) is 217 Å². The second kappa shape index (κ2) is 13.0. The molecule has 0 N–H and O–H groups in total. The summed E-state index contributed by atoms with van der Waals surface area (Å²) >= 11 is 0. The summed E-state index contributed by atoms with van der Waals surface area (Å²) in [5.74, 6) is 0. The summed E-state index contributed by atoms with van der Waals surface area (Å²) in [6, 6.07) is 78.1. The van der Waals surface area contributed by atoms with Gasteiger partial charge in [-0.25, -0.2) is 0 Å². The first-order valence-corrected chi connectivity index (χ1v) is 20.9. The highest BCUT2D eigenvalue weighted by Crippen LogP contribution is 2.57. The van der Waals surface area contributed by atoms with Gasteiger partial charge in [0.05, 0.1) is 16.5 Å². The maximum atomic E-state index is 6.76. The average molecular weight is 768 g/mol. The number of nitrogens with zero attached hydrogens (tertiary/aromatic N) is 1. The number of fused-ring (bicyclic) bond motifs is 9. The number of rotatable bonds is 6. The number of benzene rings is 9. The molecule has 1 heterocycles. The molecule has 1 aromatic heterocycles. The Hall–Kier alpha value is -7.42. The molecule has 2 aliphatic carbocycles. The Labute approximate surface area is 350 Å². The van der Waals surface area contributed by atoms with Gasteiger partial charge < -0.3 is 9.32 Å². The van der Waals surface area contributed by atoms with E-state index in [1.807, 2.05) is 0 Å². The van der Waals surface area contributed by atoms with Gasteiger partial charge in [-0.15, -0.1) is 0 Å². The van der Waals surface area contributed by atoms with E-state index in [4.69, 9.17) is 4.42 Å². The quantitative estimate of drug-likeness (QED) is 0.168. The van der Waals surface area contributed by atoms with E-state index in [0.29, 0.717) is 0 Å². The predicted molar refractivity (Wildman–Crippen MR) is 249 cm³/mol. The summed E-state index contributed by atoms with van der Waals surface area (Å²) in [6.45, 7) is 4.73. The summed E-state index contributed by atoms with van der Waals surface area (Å²) in [6.07, 6.45) is 0. The molecule has 0 radical (unpaired) electrons. The predicted octanol–water partition coefficient (Wildman–Crippen LogP) is 15.4. The van der Waals surface area contributed by atoms with Crippen LogP contribution < -0.4 is 4.90 Å². The summed E-state index contributed by atoms with van der Waals surface area (Å²) in [7, 11) is 0. The maximum Gasteiger partial charge on any atom is 0.138 e. The monoisotopic (exact) mass is 767 g/mol. The van der Waals surface area contributed by atoms with E-state index in [-0.39, 0.29) is 5.41 Å². The zero-order chi connectivity index (χ0) is 40.0. The largest absolute Gasteiger partial charge is 0.456 e. The van der Waals surface area contributed by atoms with Gasteiger partial charge in [0.2, 0.25) is 0 Å². The topological polar surface area (TPSA) is 16.4 Å². The lowest BCUT2D eigenvalue weighted by molar-refractivity contribution is 0.660. The average Bonchev–Trinajstić information content (AvgIpc) is 3.91. The molecule has 0 aliphatic heterocycles. The molecule has 0 saturated carbocycles. The van der Waals surface area contributed by atoms with Crippen molar-refractivity contribution in [2.24, 2.45) is 0 Å². The fraction of sp³-hybridized carbons (Fsp3) is 0.0690. The normalized spacial score (nSPS) is 14.1. The third-order valence-electron chi connectivity index (χ3n) is 13.3. The molecule has 0 unspecified atom stereocenters. The molecule has 60 heavy (non-hydrogen) atoms. The van der Waals surface area contributed by atoms with E-state index in [0.717, 1.165) is 50.1 Å². The second-order valence-corrected chi connectivity index (χ2v) is 16.8. The van der Waals surface area contributed by atoms with Gasteiger partial charge in [-0.05, 0) is 109 Å². The van der Waals surface area contributed by atoms with Crippen LogP contribution in [0.5, 0.6) is 0 Å². The van der Waals surface area contributed by atoms with Crippen molar-refractivity contribution in [3.63, 3.8) is 0 Å². The molecule has 0 fully saturated rings. The van der Waals surface area contributed by atoms with Crippen molar-refractivity contribution in [3.05, 3.63) is 246 Å². The Kier molecular flexibility index (Phi) is 7.52. The van der Waals surface area contributed by atoms with Crippen molar-refractivity contribution in [1.29, 1.82) is 0 Å². The van der Waals surface area contributed by atoms with Crippen LogP contribution in [0, 0.1) is 0 Å². The number of para-hydroxylation sites is 1. The number of anilines is 3. The van der Waals surface area contributed by atoms with Crippen LogP contribution in [0.1, 0.15) is 47.2 Å². The Morgan fingerprint density at radius 1 is 0.383 bits per heavy atom. The molecular weight excluding hydrogens is 727 g/mol. The second-order valence-electron chi connectivity index (χ2n) is 16.8. The zero-order valence-electron chi connectivity index (χ0n) is 33.6. The van der Waals surface area contributed by atoms with Gasteiger partial charge in [0.25, 0.3) is 0 Å². The minimum Gasteiger partial charge on any atom is -0.456 e. The van der Waals surface area contributed by atoms with Gasteiger partial charge >= 0.3 is 0 Å². The Morgan fingerprint density at radius 3 is 1.68 bits per heavy atom. The van der Waals surface area contributed by atoms with Gasteiger partial charge in [0, 0.05) is 22.2 Å². The molecule has 0 amide bonds. The molecule has 2 heteroatoms. The first-order chi connectivity index (χ1) is 29.5. The van der Waals surface area contributed by atoms with E-state index in [9.17, 15) is 0 Å². The maximum absolute atomic E-state index is 6.76. The number of hydrogen-bond acceptors (Lipinski definition) is 2. The first-order valence-electron chi connectivity index (χ1n) is 20.9. The minimum absolute atomic E-state index is 0.173. The highest BCUT2D eigenvalue weighted by atomic mass is 16.3. The molecule has 10 aromatic rings. The lowest BCUT2D eigenvalue weighted by Gasteiger charge is -2.35. The van der Waals surface area contributed by atoms with Crippen LogP contribution in [-0.2, 0) is 10.8 Å². The van der Waals surface area contributed by atoms with Crippen LogP contribution in [0.25, 0.3) is 55.3 Å². The molecule has 0 saturated heterocycles. The van der Waals surface area contributed by atoms with E-state index in [1.54, 1.807) is 0 Å². The van der Waals surface area contributed by atoms with E-state index in [1.165, 1.54) is 55.6 Å².